The van der Waals surface area contributed by atoms with E-state index in [4.69, 9.17) is 4.74 Å². The van der Waals surface area contributed by atoms with Crippen LogP contribution in [0.3, 0.4) is 0 Å². The summed E-state index contributed by atoms with van der Waals surface area (Å²) in [6.45, 7) is 6.46. The number of methoxy groups -OCH3 is 1. The van der Waals surface area contributed by atoms with Crippen molar-refractivity contribution < 1.29 is 4.74 Å². The topological polar surface area (TPSA) is 21.3 Å². The molecule has 0 saturated carbocycles. The lowest BCUT2D eigenvalue weighted by molar-refractivity contribution is 0.146. The molecule has 1 aromatic carbocycles. The second-order valence-corrected chi connectivity index (χ2v) is 5.97. The summed E-state index contributed by atoms with van der Waals surface area (Å²) in [5, 5.41) is 3.58. The van der Waals surface area contributed by atoms with Gasteiger partial charge in [0.15, 0.2) is 0 Å². The molecule has 1 N–H and O–H groups in total. The molecule has 0 bridgehead atoms. The smallest absolute Gasteiger partial charge is 0.0553 e. The van der Waals surface area contributed by atoms with Crippen LogP contribution in [0.15, 0.2) is 24.3 Å². The Morgan fingerprint density at radius 2 is 2.11 bits per heavy atom. The predicted octanol–water partition coefficient (Wildman–Crippen LogP) is 2.91. The fraction of sp³-hybridized carbons (Fsp3) is 0.625. The van der Waals surface area contributed by atoms with E-state index in [-0.39, 0.29) is 5.41 Å². The summed E-state index contributed by atoms with van der Waals surface area (Å²) >= 11 is 0. The van der Waals surface area contributed by atoms with E-state index in [1.165, 1.54) is 30.5 Å². The molecule has 100 valence electrons. The summed E-state index contributed by atoms with van der Waals surface area (Å²) in [7, 11) is 1.78. The molecule has 2 heteroatoms. The molecule has 1 heterocycles. The number of hydrogen-bond donors (Lipinski definition) is 1. The summed E-state index contributed by atoms with van der Waals surface area (Å²) in [6, 6.07) is 9.47. The number of rotatable bonds is 5. The fourth-order valence-corrected chi connectivity index (χ4v) is 2.99. The maximum Gasteiger partial charge on any atom is 0.0553 e. The van der Waals surface area contributed by atoms with Crippen LogP contribution in [0.1, 0.15) is 37.8 Å². The molecule has 0 aromatic heterocycles. The van der Waals surface area contributed by atoms with Crippen molar-refractivity contribution in [1.82, 2.24) is 5.32 Å². The Kier molecular flexibility index (Phi) is 4.41. The molecule has 1 aliphatic rings. The number of nitrogens with one attached hydrogen (secondary N) is 1. The van der Waals surface area contributed by atoms with Gasteiger partial charge in [-0.05, 0) is 36.9 Å². The first-order valence-corrected chi connectivity index (χ1v) is 6.94. The zero-order chi connectivity index (χ0) is 13.0. The minimum absolute atomic E-state index is 0.0872. The van der Waals surface area contributed by atoms with Gasteiger partial charge in [0, 0.05) is 18.6 Å². The van der Waals surface area contributed by atoms with E-state index in [2.05, 4.69) is 43.4 Å². The second kappa shape index (κ2) is 5.85. The number of ether oxygens (including phenoxy) is 1. The van der Waals surface area contributed by atoms with Gasteiger partial charge in [0.1, 0.15) is 0 Å². The van der Waals surface area contributed by atoms with Gasteiger partial charge in [0.05, 0.1) is 6.61 Å². The maximum atomic E-state index is 5.37. The lowest BCUT2D eigenvalue weighted by Crippen LogP contribution is -2.28. The van der Waals surface area contributed by atoms with Crippen LogP contribution in [0.4, 0.5) is 0 Å². The van der Waals surface area contributed by atoms with Crippen LogP contribution in [0.25, 0.3) is 0 Å². The highest BCUT2D eigenvalue weighted by molar-refractivity contribution is 5.34. The number of hydrogen-bond acceptors (Lipinski definition) is 2. The van der Waals surface area contributed by atoms with Crippen molar-refractivity contribution >= 4 is 0 Å². The van der Waals surface area contributed by atoms with Gasteiger partial charge in [0.2, 0.25) is 0 Å². The van der Waals surface area contributed by atoms with Gasteiger partial charge in [-0.3, -0.25) is 0 Å². The molecule has 2 rings (SSSR count). The van der Waals surface area contributed by atoms with Crippen molar-refractivity contribution in [1.29, 1.82) is 0 Å². The van der Waals surface area contributed by atoms with E-state index >= 15 is 0 Å². The van der Waals surface area contributed by atoms with Gasteiger partial charge in [-0.2, -0.15) is 0 Å². The highest BCUT2D eigenvalue weighted by atomic mass is 16.5. The van der Waals surface area contributed by atoms with Crippen molar-refractivity contribution in [3.63, 3.8) is 0 Å². The first kappa shape index (κ1) is 13.6. The molecule has 0 aliphatic carbocycles. The highest BCUT2D eigenvalue weighted by Crippen LogP contribution is 2.28. The molecule has 1 atom stereocenters. The second-order valence-electron chi connectivity index (χ2n) is 5.97. The first-order valence-electron chi connectivity index (χ1n) is 6.94. The average Bonchev–Trinajstić information content (AvgIpc) is 2.82. The summed E-state index contributed by atoms with van der Waals surface area (Å²) in [5.41, 5.74) is 2.99. The minimum atomic E-state index is 0.0872. The predicted molar refractivity (Wildman–Crippen MR) is 76.1 cm³/mol. The SMILES string of the molecule is COCC(C)(C)c1ccccc1CC1CCCN1. The van der Waals surface area contributed by atoms with Crippen molar-refractivity contribution in [2.24, 2.45) is 0 Å². The summed E-state index contributed by atoms with van der Waals surface area (Å²) in [5.74, 6) is 0. The van der Waals surface area contributed by atoms with E-state index in [1.807, 2.05) is 0 Å². The largest absolute Gasteiger partial charge is 0.384 e. The third kappa shape index (κ3) is 3.12. The molecule has 1 aromatic rings. The third-order valence-electron chi connectivity index (χ3n) is 3.88. The molecule has 1 saturated heterocycles. The van der Waals surface area contributed by atoms with Gasteiger partial charge in [0.25, 0.3) is 0 Å². The lowest BCUT2D eigenvalue weighted by atomic mass is 9.81. The Balaban J connectivity index is 2.19. The van der Waals surface area contributed by atoms with E-state index in [0.29, 0.717) is 6.04 Å². The molecule has 1 unspecified atom stereocenters. The molecule has 0 spiro atoms. The van der Waals surface area contributed by atoms with Crippen LogP contribution in [0.2, 0.25) is 0 Å². The van der Waals surface area contributed by atoms with E-state index < -0.39 is 0 Å². The van der Waals surface area contributed by atoms with Crippen LogP contribution in [0, 0.1) is 0 Å². The summed E-state index contributed by atoms with van der Waals surface area (Å²) in [6.07, 6.45) is 3.76. The van der Waals surface area contributed by atoms with Crippen molar-refractivity contribution in [3.05, 3.63) is 35.4 Å². The van der Waals surface area contributed by atoms with Gasteiger partial charge >= 0.3 is 0 Å². The highest BCUT2D eigenvalue weighted by Gasteiger charge is 2.25. The lowest BCUT2D eigenvalue weighted by Gasteiger charge is -2.28. The zero-order valence-corrected chi connectivity index (χ0v) is 11.8. The zero-order valence-electron chi connectivity index (χ0n) is 11.8. The molecular formula is C16H25NO. The van der Waals surface area contributed by atoms with Gasteiger partial charge in [-0.1, -0.05) is 38.1 Å². The Hall–Kier alpha value is -0.860. The normalized spacial score (nSPS) is 20.3. The van der Waals surface area contributed by atoms with Crippen LogP contribution in [-0.4, -0.2) is 26.3 Å². The van der Waals surface area contributed by atoms with Crippen LogP contribution >= 0.6 is 0 Å². The Morgan fingerprint density at radius 1 is 1.33 bits per heavy atom. The Bertz CT molecular complexity index is 380. The fourth-order valence-electron chi connectivity index (χ4n) is 2.99. The summed E-state index contributed by atoms with van der Waals surface area (Å²) < 4.78 is 5.37. The van der Waals surface area contributed by atoms with Crippen LogP contribution < -0.4 is 5.32 Å². The average molecular weight is 247 g/mol. The minimum Gasteiger partial charge on any atom is -0.384 e. The van der Waals surface area contributed by atoms with E-state index in [9.17, 15) is 0 Å². The molecule has 1 fully saturated rings. The first-order chi connectivity index (χ1) is 8.63. The molecule has 0 amide bonds. The maximum absolute atomic E-state index is 5.37. The van der Waals surface area contributed by atoms with Crippen molar-refractivity contribution in [3.8, 4) is 0 Å². The molecule has 18 heavy (non-hydrogen) atoms. The monoisotopic (exact) mass is 247 g/mol. The molecular weight excluding hydrogens is 222 g/mol. The molecule has 1 aliphatic heterocycles. The Labute approximate surface area is 111 Å². The quantitative estimate of drug-likeness (QED) is 0.864. The van der Waals surface area contributed by atoms with Crippen molar-refractivity contribution in [2.75, 3.05) is 20.3 Å². The molecule has 2 nitrogen and oxygen atoms in total. The van der Waals surface area contributed by atoms with Gasteiger partial charge < -0.3 is 10.1 Å². The number of benzene rings is 1. The van der Waals surface area contributed by atoms with E-state index in [0.717, 1.165) is 13.0 Å². The summed E-state index contributed by atoms with van der Waals surface area (Å²) in [4.78, 5) is 0. The van der Waals surface area contributed by atoms with Gasteiger partial charge in [-0.25, -0.2) is 0 Å². The van der Waals surface area contributed by atoms with E-state index in [1.54, 1.807) is 7.11 Å². The Morgan fingerprint density at radius 3 is 2.78 bits per heavy atom. The van der Waals surface area contributed by atoms with Crippen LogP contribution in [0.5, 0.6) is 0 Å². The van der Waals surface area contributed by atoms with Crippen molar-refractivity contribution in [2.45, 2.75) is 44.6 Å². The molecule has 0 radical (unpaired) electrons. The van der Waals surface area contributed by atoms with Crippen LogP contribution in [-0.2, 0) is 16.6 Å². The standard InChI is InChI=1S/C16H25NO/c1-16(2,12-18-3)15-9-5-4-7-13(15)11-14-8-6-10-17-14/h4-5,7,9,14,17H,6,8,10-12H2,1-3H3. The van der Waals surface area contributed by atoms with Gasteiger partial charge in [-0.15, -0.1) is 0 Å². The third-order valence-corrected chi connectivity index (χ3v) is 3.88.